The highest BCUT2D eigenvalue weighted by Crippen LogP contribution is 2.23. The van der Waals surface area contributed by atoms with Crippen LogP contribution in [0.4, 0.5) is 0 Å². The van der Waals surface area contributed by atoms with E-state index in [2.05, 4.69) is 31.2 Å². The molecule has 20 heavy (non-hydrogen) atoms. The molecule has 2 rings (SSSR count). The Labute approximate surface area is 126 Å². The molecule has 1 aromatic rings. The van der Waals surface area contributed by atoms with E-state index in [0.29, 0.717) is 12.0 Å². The van der Waals surface area contributed by atoms with Crippen molar-refractivity contribution in [3.8, 4) is 0 Å². The number of hydrogen-bond acceptors (Lipinski definition) is 3. The van der Waals surface area contributed by atoms with Crippen LogP contribution in [0.2, 0.25) is 5.02 Å². The molecule has 5 heteroatoms. The lowest BCUT2D eigenvalue weighted by atomic mass is 9.93. The number of aryl methyl sites for hydroxylation is 2. The first-order valence-corrected chi connectivity index (χ1v) is 8.10. The zero-order valence-electron chi connectivity index (χ0n) is 12.8. The number of nitrogens with zero attached hydrogens (tertiary/aromatic N) is 2. The number of halogens is 1. The maximum absolute atomic E-state index is 6.43. The summed E-state index contributed by atoms with van der Waals surface area (Å²) in [6.07, 6.45) is 3.18. The summed E-state index contributed by atoms with van der Waals surface area (Å²) in [5, 5.41) is 9.02. The van der Waals surface area contributed by atoms with Crippen molar-refractivity contribution in [2.24, 2.45) is 5.92 Å². The van der Waals surface area contributed by atoms with Crippen molar-refractivity contribution in [1.29, 1.82) is 0 Å². The predicted molar refractivity (Wildman–Crippen MR) is 82.1 cm³/mol. The Hall–Kier alpha value is -0.580. The highest BCUT2D eigenvalue weighted by molar-refractivity contribution is 6.31. The maximum Gasteiger partial charge on any atom is 0.0863 e. The van der Waals surface area contributed by atoms with E-state index in [1.807, 2.05) is 4.68 Å². The molecule has 0 amide bonds. The van der Waals surface area contributed by atoms with E-state index in [-0.39, 0.29) is 0 Å². The number of nitrogens with one attached hydrogen (secondary N) is 1. The van der Waals surface area contributed by atoms with E-state index < -0.39 is 0 Å². The van der Waals surface area contributed by atoms with Crippen LogP contribution >= 0.6 is 11.6 Å². The van der Waals surface area contributed by atoms with Gasteiger partial charge in [0.25, 0.3) is 0 Å². The molecule has 1 saturated heterocycles. The van der Waals surface area contributed by atoms with Crippen LogP contribution in [0.5, 0.6) is 0 Å². The summed E-state index contributed by atoms with van der Waals surface area (Å²) in [7, 11) is 0. The fraction of sp³-hybridized carbons (Fsp3) is 0.800. The summed E-state index contributed by atoms with van der Waals surface area (Å²) in [6.45, 7) is 9.90. The minimum absolute atomic E-state index is 0.486. The second-order valence-electron chi connectivity index (χ2n) is 5.50. The Morgan fingerprint density at radius 1 is 1.40 bits per heavy atom. The smallest absolute Gasteiger partial charge is 0.0863 e. The van der Waals surface area contributed by atoms with Gasteiger partial charge in [-0.2, -0.15) is 5.10 Å². The van der Waals surface area contributed by atoms with Crippen molar-refractivity contribution in [2.75, 3.05) is 13.2 Å². The molecule has 114 valence electrons. The van der Waals surface area contributed by atoms with Crippen molar-refractivity contribution in [2.45, 2.75) is 59.2 Å². The van der Waals surface area contributed by atoms with Crippen LogP contribution in [0, 0.1) is 5.92 Å². The molecule has 0 aromatic carbocycles. The zero-order chi connectivity index (χ0) is 14.5. The highest BCUT2D eigenvalue weighted by atomic mass is 35.5. The van der Waals surface area contributed by atoms with Crippen molar-refractivity contribution < 1.29 is 4.74 Å². The van der Waals surface area contributed by atoms with E-state index >= 15 is 0 Å². The molecule has 1 aromatic heterocycles. The van der Waals surface area contributed by atoms with Gasteiger partial charge in [-0.3, -0.25) is 4.68 Å². The first kappa shape index (κ1) is 15.8. The largest absolute Gasteiger partial charge is 0.381 e. The van der Waals surface area contributed by atoms with Gasteiger partial charge in [-0.25, -0.2) is 0 Å². The van der Waals surface area contributed by atoms with Gasteiger partial charge in [0.1, 0.15) is 0 Å². The van der Waals surface area contributed by atoms with Crippen LogP contribution in [0.15, 0.2) is 0 Å². The lowest BCUT2D eigenvalue weighted by Crippen LogP contribution is -2.36. The van der Waals surface area contributed by atoms with Gasteiger partial charge in [0.15, 0.2) is 0 Å². The molecule has 1 unspecified atom stereocenters. The predicted octanol–water partition coefficient (Wildman–Crippen LogP) is 3.02. The third-order valence-corrected chi connectivity index (χ3v) is 4.69. The summed E-state index contributed by atoms with van der Waals surface area (Å²) in [4.78, 5) is 0. The Balaban J connectivity index is 1.97. The minimum atomic E-state index is 0.486. The number of ether oxygens (including phenoxy) is 1. The van der Waals surface area contributed by atoms with Crippen LogP contribution in [0.25, 0.3) is 0 Å². The first-order chi connectivity index (χ1) is 9.67. The van der Waals surface area contributed by atoms with Crippen molar-refractivity contribution in [3.05, 3.63) is 16.4 Å². The molecule has 0 aliphatic carbocycles. The molecule has 0 spiro atoms. The van der Waals surface area contributed by atoms with Gasteiger partial charge in [-0.15, -0.1) is 0 Å². The number of rotatable bonds is 6. The SMILES string of the molecule is CCc1nn(CC)c(CNC(C)C2CCOCC2)c1Cl. The average Bonchev–Trinajstić information content (AvgIpc) is 2.81. The van der Waals surface area contributed by atoms with Gasteiger partial charge >= 0.3 is 0 Å². The standard InChI is InChI=1S/C15H26ClN3O/c1-4-13-15(16)14(19(5-2)18-13)10-17-11(3)12-6-8-20-9-7-12/h11-12,17H,4-10H2,1-3H3. The van der Waals surface area contributed by atoms with Gasteiger partial charge in [0, 0.05) is 32.3 Å². The van der Waals surface area contributed by atoms with Gasteiger partial charge in [0.2, 0.25) is 0 Å². The van der Waals surface area contributed by atoms with Crippen LogP contribution < -0.4 is 5.32 Å². The molecule has 1 aliphatic rings. The third kappa shape index (κ3) is 3.54. The van der Waals surface area contributed by atoms with Crippen molar-refractivity contribution in [1.82, 2.24) is 15.1 Å². The van der Waals surface area contributed by atoms with E-state index in [1.165, 1.54) is 0 Å². The first-order valence-electron chi connectivity index (χ1n) is 7.72. The number of aromatic nitrogens is 2. The van der Waals surface area contributed by atoms with Crippen LogP contribution in [-0.2, 0) is 24.2 Å². The minimum Gasteiger partial charge on any atom is -0.381 e. The van der Waals surface area contributed by atoms with E-state index in [9.17, 15) is 0 Å². The molecular weight excluding hydrogens is 274 g/mol. The Kier molecular flexibility index (Phi) is 5.87. The molecule has 0 radical (unpaired) electrons. The summed E-state index contributed by atoms with van der Waals surface area (Å²) in [5.74, 6) is 0.700. The summed E-state index contributed by atoms with van der Waals surface area (Å²) in [6, 6.07) is 0.486. The van der Waals surface area contributed by atoms with E-state index in [0.717, 1.165) is 62.0 Å². The van der Waals surface area contributed by atoms with Crippen LogP contribution in [0.3, 0.4) is 0 Å². The second-order valence-corrected chi connectivity index (χ2v) is 5.87. The molecule has 0 saturated carbocycles. The highest BCUT2D eigenvalue weighted by Gasteiger charge is 2.21. The molecule has 4 nitrogen and oxygen atoms in total. The van der Waals surface area contributed by atoms with Gasteiger partial charge in [-0.05, 0) is 39.0 Å². The number of hydrogen-bond donors (Lipinski definition) is 1. The zero-order valence-corrected chi connectivity index (χ0v) is 13.5. The Bertz CT molecular complexity index is 427. The molecule has 0 bridgehead atoms. The molecule has 1 fully saturated rings. The van der Waals surface area contributed by atoms with Gasteiger partial charge in [0.05, 0.1) is 16.4 Å². The van der Waals surface area contributed by atoms with Gasteiger partial charge < -0.3 is 10.1 Å². The molecular formula is C15H26ClN3O. The van der Waals surface area contributed by atoms with Crippen LogP contribution in [0.1, 0.15) is 45.0 Å². The molecule has 2 heterocycles. The third-order valence-electron chi connectivity index (χ3n) is 4.26. The Morgan fingerprint density at radius 3 is 2.70 bits per heavy atom. The van der Waals surface area contributed by atoms with E-state index in [4.69, 9.17) is 16.3 Å². The lowest BCUT2D eigenvalue weighted by Gasteiger charge is -2.28. The summed E-state index contributed by atoms with van der Waals surface area (Å²) in [5.41, 5.74) is 2.12. The summed E-state index contributed by atoms with van der Waals surface area (Å²) < 4.78 is 7.44. The normalized spacial score (nSPS) is 18.4. The second kappa shape index (κ2) is 7.43. The monoisotopic (exact) mass is 299 g/mol. The van der Waals surface area contributed by atoms with Crippen molar-refractivity contribution in [3.63, 3.8) is 0 Å². The topological polar surface area (TPSA) is 39.1 Å². The lowest BCUT2D eigenvalue weighted by molar-refractivity contribution is 0.0557. The fourth-order valence-electron chi connectivity index (χ4n) is 2.83. The van der Waals surface area contributed by atoms with Crippen molar-refractivity contribution >= 4 is 11.6 Å². The fourth-order valence-corrected chi connectivity index (χ4v) is 3.16. The molecule has 1 N–H and O–H groups in total. The molecule has 1 aliphatic heterocycles. The van der Waals surface area contributed by atoms with Gasteiger partial charge in [-0.1, -0.05) is 18.5 Å². The molecule has 1 atom stereocenters. The maximum atomic E-state index is 6.43. The van der Waals surface area contributed by atoms with Crippen LogP contribution in [-0.4, -0.2) is 29.0 Å². The summed E-state index contributed by atoms with van der Waals surface area (Å²) >= 11 is 6.43. The van der Waals surface area contributed by atoms with E-state index in [1.54, 1.807) is 0 Å². The quantitative estimate of drug-likeness (QED) is 0.877. The average molecular weight is 300 g/mol. The Morgan fingerprint density at radius 2 is 2.10 bits per heavy atom.